The van der Waals surface area contributed by atoms with Crippen LogP contribution in [0.3, 0.4) is 0 Å². The van der Waals surface area contributed by atoms with Gasteiger partial charge < -0.3 is 15.2 Å². The number of hydrogen-bond acceptors (Lipinski definition) is 2. The molecule has 6 rings (SSSR count). The fourth-order valence-electron chi connectivity index (χ4n) is 4.32. The van der Waals surface area contributed by atoms with Crippen LogP contribution in [0.2, 0.25) is 0 Å². The first-order valence-electron chi connectivity index (χ1n) is 11.1. The molecule has 0 bridgehead atoms. The number of hydrogen-bond donors (Lipinski definition) is 0. The number of aryl methyl sites for hydroxylation is 1. The van der Waals surface area contributed by atoms with Crippen LogP contribution in [0.4, 0.5) is 8.78 Å². The Hall–Kier alpha value is -3.34. The minimum atomic E-state index is -0.910. The number of fused-ring (bicyclic) bond motifs is 3. The molecule has 1 atom stereocenters. The van der Waals surface area contributed by atoms with Crippen molar-refractivity contribution in [2.75, 3.05) is 6.54 Å². The monoisotopic (exact) mass is 643 g/mol. The Bertz CT molecular complexity index is 1340. The first-order valence-corrected chi connectivity index (χ1v) is 11.1. The Morgan fingerprint density at radius 2 is 1.86 bits per heavy atom. The van der Waals surface area contributed by atoms with E-state index in [2.05, 4.69) is 45.7 Å². The summed E-state index contributed by atoms with van der Waals surface area (Å²) in [4.78, 5) is 6.60. The molecule has 0 spiro atoms. The summed E-state index contributed by atoms with van der Waals surface area (Å²) in [6.07, 6.45) is 6.94. The van der Waals surface area contributed by atoms with Crippen LogP contribution in [0.15, 0.2) is 85.3 Å². The number of pyridine rings is 1. The van der Waals surface area contributed by atoms with Crippen molar-refractivity contribution in [2.45, 2.75) is 19.5 Å². The molecule has 0 fully saturated rings. The second kappa shape index (κ2) is 10.9. The third-order valence-electron chi connectivity index (χ3n) is 6.01. The fourth-order valence-corrected chi connectivity index (χ4v) is 4.32. The molecule has 0 saturated carbocycles. The van der Waals surface area contributed by atoms with E-state index in [9.17, 15) is 8.78 Å². The molecule has 3 nitrogen and oxygen atoms in total. The zero-order valence-electron chi connectivity index (χ0n) is 19.0. The quantitative estimate of drug-likeness (QED) is 0.221. The third kappa shape index (κ3) is 5.19. The van der Waals surface area contributed by atoms with Gasteiger partial charge in [-0.1, -0.05) is 36.8 Å². The smallest absolute Gasteiger partial charge is 0.668 e. The fraction of sp³-hybridized carbons (Fsp3) is 0.138. The van der Waals surface area contributed by atoms with Gasteiger partial charge in [0.05, 0.1) is 11.6 Å². The SMILES string of the molecule is Cc1ccnc(-c2[c-]cc(F)c(F)c2)c1-c1ccccc1.[Ir+3].[c-]1cccc2c1C1[N-]C=CN1CC2. The molecule has 4 aromatic rings. The molecule has 1 unspecified atom stereocenters. The summed E-state index contributed by atoms with van der Waals surface area (Å²) in [5, 5.41) is 4.41. The summed E-state index contributed by atoms with van der Waals surface area (Å²) in [5.74, 6) is -1.81. The Balaban J connectivity index is 0.000000177. The molecule has 2 aliphatic heterocycles. The van der Waals surface area contributed by atoms with Gasteiger partial charge in [0, 0.05) is 12.7 Å². The van der Waals surface area contributed by atoms with E-state index in [0.717, 1.165) is 41.8 Å². The second-order valence-corrected chi connectivity index (χ2v) is 8.18. The Kier molecular flexibility index (Phi) is 7.74. The van der Waals surface area contributed by atoms with Gasteiger partial charge in [-0.15, -0.1) is 23.8 Å². The molecule has 2 aliphatic rings. The van der Waals surface area contributed by atoms with E-state index in [4.69, 9.17) is 0 Å². The summed E-state index contributed by atoms with van der Waals surface area (Å²) in [6, 6.07) is 26.0. The van der Waals surface area contributed by atoms with Gasteiger partial charge in [0.2, 0.25) is 0 Å². The first-order chi connectivity index (χ1) is 16.6. The summed E-state index contributed by atoms with van der Waals surface area (Å²) >= 11 is 0. The first kappa shape index (κ1) is 24.8. The van der Waals surface area contributed by atoms with Crippen molar-refractivity contribution in [2.24, 2.45) is 0 Å². The maximum Gasteiger partial charge on any atom is 3.00 e. The molecular formula is C29H22F2IrN3. The summed E-state index contributed by atoms with van der Waals surface area (Å²) in [5.41, 5.74) is 6.59. The van der Waals surface area contributed by atoms with Gasteiger partial charge in [-0.2, -0.15) is 41.6 Å². The van der Waals surface area contributed by atoms with Gasteiger partial charge in [0.15, 0.2) is 0 Å². The molecule has 3 aromatic carbocycles. The van der Waals surface area contributed by atoms with E-state index in [-0.39, 0.29) is 26.3 Å². The summed E-state index contributed by atoms with van der Waals surface area (Å²) in [7, 11) is 0. The van der Waals surface area contributed by atoms with E-state index in [0.29, 0.717) is 11.3 Å². The molecule has 6 heteroatoms. The largest absolute Gasteiger partial charge is 3.00 e. The molecule has 3 heterocycles. The van der Waals surface area contributed by atoms with Crippen molar-refractivity contribution in [3.05, 3.63) is 131 Å². The van der Waals surface area contributed by atoms with Crippen LogP contribution in [0.5, 0.6) is 0 Å². The normalized spacial score (nSPS) is 15.2. The van der Waals surface area contributed by atoms with Gasteiger partial charge in [-0.05, 0) is 47.7 Å². The second-order valence-electron chi connectivity index (χ2n) is 8.18. The zero-order chi connectivity index (χ0) is 23.5. The standard InChI is InChI=1S/C18H12F2N.C11H10N2.Ir/c1-12-9-10-21-18(14-7-8-15(19)16(20)11-14)17(12)13-5-3-2-4-6-13;1-2-4-10-9(3-1)5-7-13-8-6-12-11(10)13;/h2-6,8-11H,1H3;1-3,6,8,11H,5,7H2;/q-1;-2;+3. The van der Waals surface area contributed by atoms with Crippen LogP contribution in [0.1, 0.15) is 22.9 Å². The molecule has 0 aliphatic carbocycles. The molecule has 0 saturated heterocycles. The van der Waals surface area contributed by atoms with Crippen LogP contribution in [0, 0.1) is 30.7 Å². The van der Waals surface area contributed by atoms with E-state index in [1.54, 1.807) is 6.20 Å². The number of benzene rings is 3. The minimum absolute atomic E-state index is 0. The number of halogens is 2. The Morgan fingerprint density at radius 3 is 2.66 bits per heavy atom. The van der Waals surface area contributed by atoms with Gasteiger partial charge in [-0.3, -0.25) is 4.39 Å². The van der Waals surface area contributed by atoms with Gasteiger partial charge in [-0.25, -0.2) is 4.39 Å². The molecule has 1 aromatic heterocycles. The number of aromatic nitrogens is 1. The van der Waals surface area contributed by atoms with Crippen LogP contribution in [-0.2, 0) is 26.5 Å². The van der Waals surface area contributed by atoms with Crippen molar-refractivity contribution < 1.29 is 28.9 Å². The number of rotatable bonds is 2. The van der Waals surface area contributed by atoms with E-state index < -0.39 is 11.6 Å². The van der Waals surface area contributed by atoms with Crippen molar-refractivity contribution in [3.63, 3.8) is 0 Å². The van der Waals surface area contributed by atoms with E-state index in [1.807, 2.05) is 55.6 Å². The van der Waals surface area contributed by atoms with Gasteiger partial charge in [0.25, 0.3) is 0 Å². The van der Waals surface area contributed by atoms with Crippen molar-refractivity contribution in [3.8, 4) is 22.4 Å². The Morgan fingerprint density at radius 1 is 1.03 bits per heavy atom. The van der Waals surface area contributed by atoms with Crippen LogP contribution >= 0.6 is 0 Å². The molecular weight excluding hydrogens is 621 g/mol. The Labute approximate surface area is 217 Å². The van der Waals surface area contributed by atoms with Crippen molar-refractivity contribution in [1.29, 1.82) is 0 Å². The summed E-state index contributed by atoms with van der Waals surface area (Å²) in [6.45, 7) is 3.04. The molecule has 35 heavy (non-hydrogen) atoms. The van der Waals surface area contributed by atoms with E-state index >= 15 is 0 Å². The van der Waals surface area contributed by atoms with Crippen LogP contribution < -0.4 is 0 Å². The van der Waals surface area contributed by atoms with Gasteiger partial charge >= 0.3 is 20.1 Å². The minimum Gasteiger partial charge on any atom is -0.668 e. The van der Waals surface area contributed by atoms with Crippen molar-refractivity contribution in [1.82, 2.24) is 9.88 Å². The molecule has 0 amide bonds. The van der Waals surface area contributed by atoms with Gasteiger partial charge in [0.1, 0.15) is 0 Å². The number of nitrogens with zero attached hydrogens (tertiary/aromatic N) is 3. The summed E-state index contributed by atoms with van der Waals surface area (Å²) < 4.78 is 26.6. The maximum absolute atomic E-state index is 13.5. The average molecular weight is 643 g/mol. The van der Waals surface area contributed by atoms with Crippen molar-refractivity contribution >= 4 is 0 Å². The third-order valence-corrected chi connectivity index (χ3v) is 6.01. The zero-order valence-corrected chi connectivity index (χ0v) is 21.4. The average Bonchev–Trinajstić information content (AvgIpc) is 3.36. The topological polar surface area (TPSA) is 30.2 Å². The molecule has 0 N–H and O–H groups in total. The van der Waals surface area contributed by atoms with Crippen LogP contribution in [0.25, 0.3) is 27.7 Å². The predicted molar refractivity (Wildman–Crippen MR) is 130 cm³/mol. The molecule has 176 valence electrons. The maximum atomic E-state index is 13.5. The molecule has 0 radical (unpaired) electrons. The van der Waals surface area contributed by atoms with E-state index in [1.165, 1.54) is 11.1 Å². The van der Waals surface area contributed by atoms with Crippen LogP contribution in [-0.4, -0.2) is 16.4 Å². The predicted octanol–water partition coefficient (Wildman–Crippen LogP) is 7.00.